The largest absolute Gasteiger partial charge is 0.508 e. The van der Waals surface area contributed by atoms with E-state index in [9.17, 15) is 30.3 Å². The van der Waals surface area contributed by atoms with Gasteiger partial charge >= 0.3 is 5.97 Å². The van der Waals surface area contributed by atoms with Gasteiger partial charge in [0.2, 0.25) is 0 Å². The summed E-state index contributed by atoms with van der Waals surface area (Å²) in [4.78, 5) is 13.4. The number of nitrogens with two attached hydrogens (primary N) is 1. The summed E-state index contributed by atoms with van der Waals surface area (Å²) in [6.07, 6.45) is -1.48. The Morgan fingerprint density at radius 3 is 2.22 bits per heavy atom. The Kier molecular flexibility index (Phi) is 12.7. The van der Waals surface area contributed by atoms with Crippen molar-refractivity contribution >= 4 is 5.97 Å². The quantitative estimate of drug-likeness (QED) is 0.0499. The number of hydrogen-bond donors (Lipinski definition) is 6. The van der Waals surface area contributed by atoms with Gasteiger partial charge in [-0.25, -0.2) is 9.48 Å². The second-order valence-corrected chi connectivity index (χ2v) is 11.2. The molecule has 1 aliphatic heterocycles. The third kappa shape index (κ3) is 9.31. The van der Waals surface area contributed by atoms with Gasteiger partial charge in [-0.3, -0.25) is 0 Å². The lowest BCUT2D eigenvalue weighted by Crippen LogP contribution is -2.39. The van der Waals surface area contributed by atoms with Crippen molar-refractivity contribution in [2.24, 2.45) is 5.73 Å². The van der Waals surface area contributed by atoms with E-state index in [2.05, 4.69) is 10.3 Å². The van der Waals surface area contributed by atoms with Gasteiger partial charge in [-0.15, -0.1) is 5.10 Å². The van der Waals surface area contributed by atoms with Crippen LogP contribution in [0.25, 0.3) is 0 Å². The monoisotopic (exact) mass is 696 g/mol. The summed E-state index contributed by atoms with van der Waals surface area (Å²) in [5.74, 6) is -3.47. The van der Waals surface area contributed by atoms with E-state index in [0.717, 1.165) is 18.2 Å². The fourth-order valence-corrected chi connectivity index (χ4v) is 5.26. The highest BCUT2D eigenvalue weighted by molar-refractivity contribution is 5.89. The van der Waals surface area contributed by atoms with Crippen molar-refractivity contribution in [3.8, 4) is 34.5 Å². The van der Waals surface area contributed by atoms with Crippen molar-refractivity contribution in [1.29, 1.82) is 0 Å². The number of esters is 1. The first-order valence-electron chi connectivity index (χ1n) is 15.9. The van der Waals surface area contributed by atoms with Crippen LogP contribution in [0, 0.1) is 0 Å². The maximum atomic E-state index is 13.4. The molecule has 1 aromatic heterocycles. The van der Waals surface area contributed by atoms with Gasteiger partial charge in [0, 0.05) is 36.9 Å². The SMILES string of the molecule is NCCOCCOCCOCCc1cn(CCOC2c3c(O)cc(O)cc3OC(c3cc(O)c(O)c(O)c3)C2OC(=O)c2ccccc2)nn1. The molecule has 0 fully saturated rings. The number of benzene rings is 3. The van der Waals surface area contributed by atoms with Crippen LogP contribution in [0.3, 0.4) is 0 Å². The Bertz CT molecular complexity index is 1680. The summed E-state index contributed by atoms with van der Waals surface area (Å²) in [5.41, 5.74) is 6.48. The molecule has 0 amide bonds. The smallest absolute Gasteiger partial charge is 0.338 e. The van der Waals surface area contributed by atoms with Crippen LogP contribution in [0.1, 0.15) is 39.4 Å². The van der Waals surface area contributed by atoms with E-state index in [1.807, 2.05) is 0 Å². The standard InChI is InChI=1S/C34H40N4O12/c35-7-10-46-13-15-47-14-12-45-9-6-23-20-38(37-36-23)8-11-48-32-29-25(40)18-24(39)19-28(29)49-31(22-16-26(41)30(43)27(42)17-22)33(32)50-34(44)21-4-2-1-3-5-21/h1-5,16-20,31-33,39-43H,6-15,35H2. The number of hydrogen-bond acceptors (Lipinski definition) is 15. The van der Waals surface area contributed by atoms with Crippen LogP contribution in [0.2, 0.25) is 0 Å². The number of nitrogens with zero attached hydrogens (tertiary/aromatic N) is 3. The summed E-state index contributed by atoms with van der Waals surface area (Å²) in [5, 5.41) is 60.1. The maximum absolute atomic E-state index is 13.4. The molecule has 7 N–H and O–H groups in total. The van der Waals surface area contributed by atoms with Crippen molar-refractivity contribution in [3.05, 3.63) is 83.2 Å². The summed E-state index contributed by atoms with van der Waals surface area (Å²) in [6.45, 7) is 3.36. The number of phenolic OH excluding ortho intramolecular Hbond substituents is 5. The number of fused-ring (bicyclic) bond motifs is 1. The molecule has 0 spiro atoms. The lowest BCUT2D eigenvalue weighted by atomic mass is 9.90. The number of carbonyl (C=O) groups excluding carboxylic acids is 1. The molecule has 16 heteroatoms. The molecular weight excluding hydrogens is 656 g/mol. The van der Waals surface area contributed by atoms with Gasteiger partial charge in [-0.1, -0.05) is 23.4 Å². The van der Waals surface area contributed by atoms with Gasteiger partial charge in [-0.05, 0) is 24.3 Å². The van der Waals surface area contributed by atoms with Crippen LogP contribution in [0.4, 0.5) is 0 Å². The zero-order valence-corrected chi connectivity index (χ0v) is 27.1. The van der Waals surface area contributed by atoms with E-state index in [0.29, 0.717) is 58.3 Å². The van der Waals surface area contributed by atoms with Crippen molar-refractivity contribution in [3.63, 3.8) is 0 Å². The molecular formula is C34H40N4O12. The third-order valence-corrected chi connectivity index (χ3v) is 7.63. The highest BCUT2D eigenvalue weighted by Crippen LogP contribution is 2.51. The summed E-state index contributed by atoms with van der Waals surface area (Å²) in [7, 11) is 0. The second kappa shape index (κ2) is 17.5. The number of ether oxygens (including phenoxy) is 6. The summed E-state index contributed by atoms with van der Waals surface area (Å²) in [6, 6.07) is 12.8. The van der Waals surface area contributed by atoms with Gasteiger partial charge in [0.1, 0.15) is 23.4 Å². The fourth-order valence-electron chi connectivity index (χ4n) is 5.26. The Morgan fingerprint density at radius 1 is 0.840 bits per heavy atom. The molecule has 1 aliphatic rings. The van der Waals surface area contributed by atoms with Crippen molar-refractivity contribution in [1.82, 2.24) is 15.0 Å². The molecule has 5 rings (SSSR count). The summed E-state index contributed by atoms with van der Waals surface area (Å²) >= 11 is 0. The second-order valence-electron chi connectivity index (χ2n) is 11.2. The number of rotatable bonds is 18. The highest BCUT2D eigenvalue weighted by atomic mass is 16.6. The highest BCUT2D eigenvalue weighted by Gasteiger charge is 2.45. The first kappa shape index (κ1) is 36.2. The molecule has 3 aromatic carbocycles. The maximum Gasteiger partial charge on any atom is 0.338 e. The molecule has 3 unspecified atom stereocenters. The molecule has 4 aromatic rings. The number of aromatic hydroxyl groups is 5. The number of phenols is 5. The Balaban J connectivity index is 1.28. The van der Waals surface area contributed by atoms with Gasteiger partial charge < -0.3 is 59.7 Å². The number of aromatic nitrogens is 3. The van der Waals surface area contributed by atoms with E-state index in [1.54, 1.807) is 41.2 Å². The van der Waals surface area contributed by atoms with Crippen LogP contribution < -0.4 is 10.5 Å². The first-order chi connectivity index (χ1) is 24.2. The average Bonchev–Trinajstić information content (AvgIpc) is 3.56. The van der Waals surface area contributed by atoms with Crippen LogP contribution in [0.15, 0.2) is 60.8 Å². The molecule has 0 bridgehead atoms. The number of carbonyl (C=O) groups is 1. The van der Waals surface area contributed by atoms with Crippen LogP contribution in [-0.2, 0) is 36.6 Å². The van der Waals surface area contributed by atoms with E-state index in [4.69, 9.17) is 34.2 Å². The molecule has 50 heavy (non-hydrogen) atoms. The zero-order chi connectivity index (χ0) is 35.5. The fraction of sp³-hybridized carbons (Fsp3) is 0.382. The minimum atomic E-state index is -1.31. The topological polar surface area (TPSA) is 230 Å². The Morgan fingerprint density at radius 2 is 1.52 bits per heavy atom. The lowest BCUT2D eigenvalue weighted by Gasteiger charge is -2.39. The van der Waals surface area contributed by atoms with Gasteiger partial charge in [0.05, 0.1) is 69.6 Å². The van der Waals surface area contributed by atoms with Gasteiger partial charge in [0.25, 0.3) is 0 Å². The summed E-state index contributed by atoms with van der Waals surface area (Å²) < 4.78 is 36.2. The molecule has 0 saturated carbocycles. The van der Waals surface area contributed by atoms with Crippen LogP contribution >= 0.6 is 0 Å². The minimum Gasteiger partial charge on any atom is -0.508 e. The van der Waals surface area contributed by atoms with Crippen molar-refractivity contribution < 1.29 is 58.7 Å². The molecule has 0 saturated heterocycles. The van der Waals surface area contributed by atoms with Gasteiger partial charge in [-0.2, -0.15) is 0 Å². The average molecular weight is 697 g/mol. The first-order valence-corrected chi connectivity index (χ1v) is 15.9. The minimum absolute atomic E-state index is 0.00457. The molecule has 2 heterocycles. The van der Waals surface area contributed by atoms with E-state index in [-0.39, 0.29) is 47.1 Å². The molecule has 0 aliphatic carbocycles. The third-order valence-electron chi connectivity index (χ3n) is 7.63. The van der Waals surface area contributed by atoms with E-state index < -0.39 is 41.5 Å². The van der Waals surface area contributed by atoms with Crippen LogP contribution in [0.5, 0.6) is 34.5 Å². The Labute approximate surface area is 287 Å². The van der Waals surface area contributed by atoms with E-state index >= 15 is 0 Å². The lowest BCUT2D eigenvalue weighted by molar-refractivity contribution is -0.112. The van der Waals surface area contributed by atoms with E-state index in [1.165, 1.54) is 6.07 Å². The van der Waals surface area contributed by atoms with Crippen molar-refractivity contribution in [2.75, 3.05) is 52.8 Å². The molecule has 268 valence electrons. The van der Waals surface area contributed by atoms with Crippen LogP contribution in [-0.4, -0.2) is 105 Å². The zero-order valence-electron chi connectivity index (χ0n) is 27.1. The predicted molar refractivity (Wildman–Crippen MR) is 174 cm³/mol. The molecule has 16 nitrogen and oxygen atoms in total. The molecule has 0 radical (unpaired) electrons. The van der Waals surface area contributed by atoms with Gasteiger partial charge in [0.15, 0.2) is 29.5 Å². The normalized spacial score (nSPS) is 16.9. The molecule has 3 atom stereocenters. The predicted octanol–water partition coefficient (Wildman–Crippen LogP) is 2.47. The Hall–Kier alpha value is -5.13. The van der Waals surface area contributed by atoms with Crippen molar-refractivity contribution in [2.45, 2.75) is 31.3 Å².